The number of rotatable bonds is 6. The zero-order chi connectivity index (χ0) is 19.3. The van der Waals surface area contributed by atoms with Crippen LogP contribution in [0.3, 0.4) is 0 Å². The summed E-state index contributed by atoms with van der Waals surface area (Å²) in [5.41, 5.74) is 2.01. The number of carbonyl (C=O) groups excluding carboxylic acids is 1. The number of aromatic amines is 1. The minimum absolute atomic E-state index is 0.132. The Hall–Kier alpha value is -3.16. The second-order valence-corrected chi connectivity index (χ2v) is 6.90. The highest BCUT2D eigenvalue weighted by Crippen LogP contribution is 2.26. The average Bonchev–Trinajstić information content (AvgIpc) is 3.44. The second kappa shape index (κ2) is 8.24. The number of nitrogens with zero attached hydrogens (tertiary/aromatic N) is 4. The molecule has 1 amide bonds. The average molecular weight is 381 g/mol. The molecule has 1 aliphatic rings. The van der Waals surface area contributed by atoms with Crippen molar-refractivity contribution >= 4 is 5.91 Å². The van der Waals surface area contributed by atoms with Crippen LogP contribution in [0.4, 0.5) is 0 Å². The van der Waals surface area contributed by atoms with Crippen molar-refractivity contribution < 1.29 is 14.1 Å². The van der Waals surface area contributed by atoms with Crippen LogP contribution >= 0.6 is 0 Å². The Morgan fingerprint density at radius 2 is 2.07 bits per heavy atom. The number of aromatic nitrogens is 4. The summed E-state index contributed by atoms with van der Waals surface area (Å²) in [6, 6.07) is 7.45. The number of ether oxygens (including phenoxy) is 1. The number of nitrogens with one attached hydrogen (secondary N) is 1. The zero-order valence-corrected chi connectivity index (χ0v) is 15.8. The van der Waals surface area contributed by atoms with Crippen LogP contribution in [0.2, 0.25) is 0 Å². The number of H-pyrrole nitrogens is 1. The van der Waals surface area contributed by atoms with E-state index in [1.807, 2.05) is 35.4 Å². The van der Waals surface area contributed by atoms with Crippen molar-refractivity contribution in [2.75, 3.05) is 20.2 Å². The lowest BCUT2D eigenvalue weighted by molar-refractivity contribution is -0.132. The number of piperidine rings is 1. The van der Waals surface area contributed by atoms with Crippen molar-refractivity contribution in [1.82, 2.24) is 25.0 Å². The predicted octanol–water partition coefficient (Wildman–Crippen LogP) is 2.81. The fourth-order valence-corrected chi connectivity index (χ4v) is 3.52. The molecule has 3 heterocycles. The molecule has 8 heteroatoms. The fourth-order valence-electron chi connectivity index (χ4n) is 3.52. The van der Waals surface area contributed by atoms with Crippen molar-refractivity contribution in [1.29, 1.82) is 0 Å². The quantitative estimate of drug-likeness (QED) is 0.705. The predicted molar refractivity (Wildman–Crippen MR) is 102 cm³/mol. The first-order valence-corrected chi connectivity index (χ1v) is 9.46. The first-order chi connectivity index (χ1) is 13.7. The Balaban J connectivity index is 1.27. The molecule has 3 aromatic rings. The Morgan fingerprint density at radius 1 is 1.29 bits per heavy atom. The van der Waals surface area contributed by atoms with Crippen molar-refractivity contribution in [3.05, 3.63) is 48.4 Å². The summed E-state index contributed by atoms with van der Waals surface area (Å²) >= 11 is 0. The topological polar surface area (TPSA) is 97.1 Å². The van der Waals surface area contributed by atoms with Crippen LogP contribution in [-0.2, 0) is 11.2 Å². The normalized spacial score (nSPS) is 15.0. The molecule has 0 aliphatic carbocycles. The van der Waals surface area contributed by atoms with Gasteiger partial charge in [-0.05, 0) is 37.1 Å². The largest absolute Gasteiger partial charge is 0.497 e. The van der Waals surface area contributed by atoms with Gasteiger partial charge in [-0.15, -0.1) is 0 Å². The molecule has 0 spiro atoms. The number of aryl methyl sites for hydroxylation is 1. The third-order valence-corrected chi connectivity index (χ3v) is 5.18. The smallest absolute Gasteiger partial charge is 0.227 e. The molecular formula is C20H23N5O3. The van der Waals surface area contributed by atoms with Crippen molar-refractivity contribution in [2.24, 2.45) is 0 Å². The van der Waals surface area contributed by atoms with Crippen molar-refractivity contribution in [3.63, 3.8) is 0 Å². The molecule has 1 aliphatic heterocycles. The molecule has 4 rings (SSSR count). The Kier molecular flexibility index (Phi) is 5.36. The molecular weight excluding hydrogens is 358 g/mol. The number of hydrogen-bond donors (Lipinski definition) is 1. The lowest BCUT2D eigenvalue weighted by Crippen LogP contribution is -2.38. The fraction of sp³-hybridized carbons (Fsp3) is 0.400. The third-order valence-electron chi connectivity index (χ3n) is 5.18. The molecule has 1 aromatic carbocycles. The maximum absolute atomic E-state index is 12.5. The summed E-state index contributed by atoms with van der Waals surface area (Å²) in [6.45, 7) is 1.53. The van der Waals surface area contributed by atoms with Crippen LogP contribution in [0.1, 0.15) is 36.8 Å². The summed E-state index contributed by atoms with van der Waals surface area (Å²) in [5.74, 6) is 2.35. The highest BCUT2D eigenvalue weighted by atomic mass is 16.5. The van der Waals surface area contributed by atoms with Crippen molar-refractivity contribution in [3.8, 4) is 17.1 Å². The number of methoxy groups -OCH3 is 1. The monoisotopic (exact) mass is 381 g/mol. The molecule has 28 heavy (non-hydrogen) atoms. The molecule has 1 saturated heterocycles. The van der Waals surface area contributed by atoms with Gasteiger partial charge in [0.1, 0.15) is 5.75 Å². The lowest BCUT2D eigenvalue weighted by Gasteiger charge is -2.31. The lowest BCUT2D eigenvalue weighted by atomic mass is 9.94. The Labute approximate surface area is 162 Å². The number of hydrogen-bond acceptors (Lipinski definition) is 6. The van der Waals surface area contributed by atoms with Gasteiger partial charge in [-0.25, -0.2) is 4.98 Å². The molecule has 0 bridgehead atoms. The molecule has 0 atom stereocenters. The summed E-state index contributed by atoms with van der Waals surface area (Å²) in [6.07, 6.45) is 6.31. The van der Waals surface area contributed by atoms with E-state index >= 15 is 0 Å². The molecule has 146 valence electrons. The summed E-state index contributed by atoms with van der Waals surface area (Å²) < 4.78 is 10.5. The second-order valence-electron chi connectivity index (χ2n) is 6.90. The van der Waals surface area contributed by atoms with Gasteiger partial charge in [0.2, 0.25) is 17.6 Å². The molecule has 0 unspecified atom stereocenters. The van der Waals surface area contributed by atoms with Crippen LogP contribution < -0.4 is 4.74 Å². The summed E-state index contributed by atoms with van der Waals surface area (Å²) in [5, 5.41) is 4.01. The number of likely N-dealkylation sites (tertiary alicyclic amines) is 1. The number of benzene rings is 1. The first kappa shape index (κ1) is 18.2. The van der Waals surface area contributed by atoms with E-state index in [9.17, 15) is 4.79 Å². The van der Waals surface area contributed by atoms with E-state index in [2.05, 4.69) is 20.1 Å². The molecule has 8 nitrogen and oxygen atoms in total. The van der Waals surface area contributed by atoms with Crippen LogP contribution in [0, 0.1) is 0 Å². The summed E-state index contributed by atoms with van der Waals surface area (Å²) in [7, 11) is 1.62. The third kappa shape index (κ3) is 4.05. The van der Waals surface area contributed by atoms with E-state index in [0.29, 0.717) is 30.5 Å². The molecule has 2 aromatic heterocycles. The zero-order valence-electron chi connectivity index (χ0n) is 15.8. The van der Waals surface area contributed by atoms with Gasteiger partial charge < -0.3 is 19.1 Å². The summed E-state index contributed by atoms with van der Waals surface area (Å²) in [4.78, 5) is 26.1. The van der Waals surface area contributed by atoms with E-state index in [-0.39, 0.29) is 5.91 Å². The van der Waals surface area contributed by atoms with Gasteiger partial charge in [0, 0.05) is 49.3 Å². The van der Waals surface area contributed by atoms with Gasteiger partial charge in [-0.3, -0.25) is 4.79 Å². The van der Waals surface area contributed by atoms with Crippen LogP contribution in [0.25, 0.3) is 11.4 Å². The van der Waals surface area contributed by atoms with Crippen LogP contribution in [0.15, 0.2) is 41.3 Å². The minimum atomic E-state index is 0.132. The van der Waals surface area contributed by atoms with E-state index in [4.69, 9.17) is 9.26 Å². The van der Waals surface area contributed by atoms with Crippen LogP contribution in [0.5, 0.6) is 5.75 Å². The molecule has 0 saturated carbocycles. The van der Waals surface area contributed by atoms with Crippen LogP contribution in [-0.4, -0.2) is 51.1 Å². The van der Waals surface area contributed by atoms with Gasteiger partial charge in [0.15, 0.2) is 0 Å². The van der Waals surface area contributed by atoms with Gasteiger partial charge in [0.05, 0.1) is 13.4 Å². The molecule has 1 fully saturated rings. The Bertz CT molecular complexity index is 896. The van der Waals surface area contributed by atoms with E-state index < -0.39 is 0 Å². The van der Waals surface area contributed by atoms with E-state index in [0.717, 1.165) is 42.9 Å². The van der Waals surface area contributed by atoms with Gasteiger partial charge in [-0.2, -0.15) is 4.98 Å². The maximum atomic E-state index is 12.5. The van der Waals surface area contributed by atoms with Gasteiger partial charge in [-0.1, -0.05) is 5.16 Å². The Morgan fingerprint density at radius 3 is 2.75 bits per heavy atom. The highest BCUT2D eigenvalue weighted by molar-refractivity contribution is 5.76. The first-order valence-electron chi connectivity index (χ1n) is 9.46. The standard InChI is InChI=1S/C20H23N5O3/c1-27-16-4-2-15(3-5-16)20-23-18(28-24-20)6-7-19(26)25-10-8-14(9-11-25)17-12-21-13-22-17/h2-5,12-14H,6-11H2,1H3,(H,21,22). The van der Waals surface area contributed by atoms with Crippen molar-refractivity contribution in [2.45, 2.75) is 31.6 Å². The number of amides is 1. The molecule has 1 N–H and O–H groups in total. The number of imidazole rings is 1. The van der Waals surface area contributed by atoms with E-state index in [1.165, 1.54) is 0 Å². The van der Waals surface area contributed by atoms with E-state index in [1.54, 1.807) is 13.4 Å². The van der Waals surface area contributed by atoms with Gasteiger partial charge >= 0.3 is 0 Å². The van der Waals surface area contributed by atoms with Gasteiger partial charge in [0.25, 0.3) is 0 Å². The maximum Gasteiger partial charge on any atom is 0.227 e. The SMILES string of the molecule is COc1ccc(-c2noc(CCC(=O)N3CCC(c4cnc[nH]4)CC3)n2)cc1. The minimum Gasteiger partial charge on any atom is -0.497 e. The number of carbonyl (C=O) groups is 1. The highest BCUT2D eigenvalue weighted by Gasteiger charge is 2.24. The molecule has 0 radical (unpaired) electrons.